The van der Waals surface area contributed by atoms with Gasteiger partial charge in [0.2, 0.25) is 0 Å². The first kappa shape index (κ1) is 12.0. The second kappa shape index (κ2) is 6.30. The minimum atomic E-state index is 0.868. The number of H-pyrrole nitrogens is 1. The number of thioether (sulfide) groups is 1. The highest BCUT2D eigenvalue weighted by atomic mass is 32.2. The van der Waals surface area contributed by atoms with Crippen LogP contribution in [0.15, 0.2) is 35.9 Å². The highest BCUT2D eigenvalue weighted by molar-refractivity contribution is 7.98. The summed E-state index contributed by atoms with van der Waals surface area (Å²) >= 11 is 1.68. The average molecular weight is 248 g/mol. The van der Waals surface area contributed by atoms with E-state index in [2.05, 4.69) is 33.3 Å². The molecule has 0 aromatic carbocycles. The molecular weight excluding hydrogens is 232 g/mol. The van der Waals surface area contributed by atoms with Crippen LogP contribution in [0.25, 0.3) is 0 Å². The molecule has 17 heavy (non-hydrogen) atoms. The molecule has 0 amide bonds. The number of rotatable bonds is 6. The van der Waals surface area contributed by atoms with Crippen LogP contribution in [-0.2, 0) is 5.75 Å². The molecule has 0 spiro atoms. The number of imidazole rings is 1. The molecule has 0 unspecified atom stereocenters. The first-order chi connectivity index (χ1) is 8.40. The molecule has 2 aromatic rings. The Bertz CT molecular complexity index is 442. The fourth-order valence-electron chi connectivity index (χ4n) is 1.43. The predicted molar refractivity (Wildman–Crippen MR) is 71.2 cm³/mol. The van der Waals surface area contributed by atoms with Gasteiger partial charge in [-0.2, -0.15) is 0 Å². The highest BCUT2D eigenvalue weighted by Crippen LogP contribution is 2.22. The number of aromatic nitrogens is 3. The van der Waals surface area contributed by atoms with Crippen molar-refractivity contribution < 1.29 is 0 Å². The maximum Gasteiger partial charge on any atom is 0.165 e. The van der Waals surface area contributed by atoms with Crippen LogP contribution in [0.5, 0.6) is 0 Å². The lowest BCUT2D eigenvalue weighted by atomic mass is 10.3. The zero-order valence-electron chi connectivity index (χ0n) is 9.81. The van der Waals surface area contributed by atoms with Gasteiger partial charge in [-0.1, -0.05) is 24.8 Å². The molecule has 0 saturated carbocycles. The molecule has 0 fully saturated rings. The third-order valence-electron chi connectivity index (χ3n) is 2.27. The van der Waals surface area contributed by atoms with Gasteiger partial charge in [0.15, 0.2) is 5.16 Å². The summed E-state index contributed by atoms with van der Waals surface area (Å²) in [5, 5.41) is 4.28. The molecule has 2 N–H and O–H groups in total. The first-order valence-corrected chi connectivity index (χ1v) is 6.68. The monoisotopic (exact) mass is 248 g/mol. The van der Waals surface area contributed by atoms with Crippen molar-refractivity contribution >= 4 is 17.6 Å². The number of pyridine rings is 1. The summed E-state index contributed by atoms with van der Waals surface area (Å²) in [4.78, 5) is 11.6. The van der Waals surface area contributed by atoms with E-state index in [9.17, 15) is 0 Å². The van der Waals surface area contributed by atoms with Gasteiger partial charge in [0.25, 0.3) is 0 Å². The Morgan fingerprint density at radius 1 is 1.35 bits per heavy atom. The molecule has 0 aliphatic rings. The second-order valence-corrected chi connectivity index (χ2v) is 4.58. The SMILES string of the molecule is CCCNc1ncccc1CSc1ncc[nH]1. The van der Waals surface area contributed by atoms with Crippen LogP contribution < -0.4 is 5.32 Å². The Morgan fingerprint density at radius 2 is 2.29 bits per heavy atom. The summed E-state index contributed by atoms with van der Waals surface area (Å²) in [6.07, 6.45) is 6.52. The summed E-state index contributed by atoms with van der Waals surface area (Å²) in [5.74, 6) is 1.85. The van der Waals surface area contributed by atoms with Gasteiger partial charge in [-0.15, -0.1) is 0 Å². The summed E-state index contributed by atoms with van der Waals surface area (Å²) in [7, 11) is 0. The molecule has 0 saturated heterocycles. The van der Waals surface area contributed by atoms with E-state index in [-0.39, 0.29) is 0 Å². The number of aromatic amines is 1. The van der Waals surface area contributed by atoms with Crippen LogP contribution >= 0.6 is 11.8 Å². The third kappa shape index (κ3) is 3.49. The van der Waals surface area contributed by atoms with E-state index in [1.165, 1.54) is 5.56 Å². The van der Waals surface area contributed by atoms with Crippen molar-refractivity contribution in [2.45, 2.75) is 24.3 Å². The van der Waals surface area contributed by atoms with Crippen molar-refractivity contribution in [1.29, 1.82) is 0 Å². The van der Waals surface area contributed by atoms with Crippen molar-refractivity contribution in [2.24, 2.45) is 0 Å². The van der Waals surface area contributed by atoms with Gasteiger partial charge >= 0.3 is 0 Å². The lowest BCUT2D eigenvalue weighted by Gasteiger charge is -2.08. The zero-order chi connectivity index (χ0) is 11.9. The second-order valence-electron chi connectivity index (χ2n) is 3.62. The van der Waals surface area contributed by atoms with Crippen molar-refractivity contribution in [3.05, 3.63) is 36.3 Å². The number of hydrogen-bond acceptors (Lipinski definition) is 4. The molecule has 0 bridgehead atoms. The van der Waals surface area contributed by atoms with Crippen LogP contribution in [0.3, 0.4) is 0 Å². The molecule has 4 nitrogen and oxygen atoms in total. The zero-order valence-corrected chi connectivity index (χ0v) is 10.6. The molecule has 5 heteroatoms. The van der Waals surface area contributed by atoms with Crippen LogP contribution in [0.4, 0.5) is 5.82 Å². The largest absolute Gasteiger partial charge is 0.370 e. The molecule has 0 aliphatic heterocycles. The van der Waals surface area contributed by atoms with Gasteiger partial charge in [-0.25, -0.2) is 9.97 Å². The fourth-order valence-corrected chi connectivity index (χ4v) is 2.25. The van der Waals surface area contributed by atoms with Crippen molar-refractivity contribution in [1.82, 2.24) is 15.0 Å². The summed E-state index contributed by atoms with van der Waals surface area (Å²) < 4.78 is 0. The fraction of sp³-hybridized carbons (Fsp3) is 0.333. The number of hydrogen-bond donors (Lipinski definition) is 2. The van der Waals surface area contributed by atoms with Gasteiger partial charge in [-0.3, -0.25) is 0 Å². The van der Waals surface area contributed by atoms with E-state index < -0.39 is 0 Å². The quantitative estimate of drug-likeness (QED) is 0.772. The normalized spacial score (nSPS) is 10.4. The lowest BCUT2D eigenvalue weighted by molar-refractivity contribution is 0.964. The topological polar surface area (TPSA) is 53.6 Å². The molecule has 2 heterocycles. The van der Waals surface area contributed by atoms with E-state index in [0.717, 1.165) is 29.7 Å². The lowest BCUT2D eigenvalue weighted by Crippen LogP contribution is -2.04. The van der Waals surface area contributed by atoms with E-state index in [0.29, 0.717) is 0 Å². The standard InChI is InChI=1S/C12H16N4S/c1-2-5-13-11-10(4-3-6-14-11)9-17-12-15-7-8-16-12/h3-4,6-8H,2,5,9H2,1H3,(H,13,14)(H,15,16). The molecular formula is C12H16N4S. The molecule has 2 rings (SSSR count). The van der Waals surface area contributed by atoms with Gasteiger partial charge in [-0.05, 0) is 12.5 Å². The van der Waals surface area contributed by atoms with Crippen LogP contribution in [-0.4, -0.2) is 21.5 Å². The third-order valence-corrected chi connectivity index (χ3v) is 3.22. The van der Waals surface area contributed by atoms with E-state index in [1.807, 2.05) is 18.5 Å². The average Bonchev–Trinajstić information content (AvgIpc) is 2.88. The number of nitrogens with zero attached hydrogens (tertiary/aromatic N) is 2. The predicted octanol–water partition coefficient (Wildman–Crippen LogP) is 2.92. The maximum absolute atomic E-state index is 4.36. The van der Waals surface area contributed by atoms with E-state index in [1.54, 1.807) is 18.0 Å². The highest BCUT2D eigenvalue weighted by Gasteiger charge is 2.04. The van der Waals surface area contributed by atoms with Gasteiger partial charge in [0.1, 0.15) is 5.82 Å². The van der Waals surface area contributed by atoms with Crippen LogP contribution in [0.1, 0.15) is 18.9 Å². The first-order valence-electron chi connectivity index (χ1n) is 5.70. The smallest absolute Gasteiger partial charge is 0.165 e. The van der Waals surface area contributed by atoms with Crippen LogP contribution in [0.2, 0.25) is 0 Å². The minimum absolute atomic E-state index is 0.868. The molecule has 0 radical (unpaired) electrons. The summed E-state index contributed by atoms with van der Waals surface area (Å²) in [5.41, 5.74) is 1.21. The van der Waals surface area contributed by atoms with Gasteiger partial charge in [0.05, 0.1) is 0 Å². The Morgan fingerprint density at radius 3 is 3.06 bits per heavy atom. The number of anilines is 1. The molecule has 2 aromatic heterocycles. The van der Waals surface area contributed by atoms with Crippen molar-refractivity contribution in [3.63, 3.8) is 0 Å². The van der Waals surface area contributed by atoms with Crippen LogP contribution in [0, 0.1) is 0 Å². The Balaban J connectivity index is 1.99. The van der Waals surface area contributed by atoms with Gasteiger partial charge in [0, 0.05) is 36.5 Å². The van der Waals surface area contributed by atoms with E-state index in [4.69, 9.17) is 0 Å². The minimum Gasteiger partial charge on any atom is -0.370 e. The van der Waals surface area contributed by atoms with Crippen molar-refractivity contribution in [3.8, 4) is 0 Å². The van der Waals surface area contributed by atoms with Crippen molar-refractivity contribution in [2.75, 3.05) is 11.9 Å². The number of nitrogens with one attached hydrogen (secondary N) is 2. The molecule has 0 atom stereocenters. The summed E-state index contributed by atoms with van der Waals surface area (Å²) in [6, 6.07) is 4.07. The maximum atomic E-state index is 4.36. The summed E-state index contributed by atoms with van der Waals surface area (Å²) in [6.45, 7) is 3.10. The van der Waals surface area contributed by atoms with E-state index >= 15 is 0 Å². The Labute approximate surface area is 105 Å². The van der Waals surface area contributed by atoms with Gasteiger partial charge < -0.3 is 10.3 Å². The Hall–Kier alpha value is -1.49. The Kier molecular flexibility index (Phi) is 4.44. The molecule has 0 aliphatic carbocycles. The molecule has 90 valence electrons.